The number of ether oxygens (including phenoxy) is 2. The van der Waals surface area contributed by atoms with Crippen LogP contribution in [-0.4, -0.2) is 37.6 Å². The molecule has 0 bridgehead atoms. The standard InChI is InChI=1S/C16H25NO3/c1-19-10-9-17-12-13-5-4-6-14(11-13)20-16-8-3-2-7-15(16)18/h4-6,11,15-18H,2-3,7-10,12H2,1H3. The fourth-order valence-corrected chi connectivity index (χ4v) is 2.53. The van der Waals surface area contributed by atoms with Gasteiger partial charge < -0.3 is 19.9 Å². The maximum atomic E-state index is 9.95. The van der Waals surface area contributed by atoms with E-state index in [1.807, 2.05) is 18.2 Å². The molecule has 112 valence electrons. The SMILES string of the molecule is COCCNCc1cccc(OC2CCCCC2O)c1. The van der Waals surface area contributed by atoms with Crippen molar-refractivity contribution in [3.8, 4) is 5.75 Å². The Hall–Kier alpha value is -1.10. The van der Waals surface area contributed by atoms with Crippen molar-refractivity contribution in [1.82, 2.24) is 5.32 Å². The van der Waals surface area contributed by atoms with Gasteiger partial charge in [0.15, 0.2) is 0 Å². The Bertz CT molecular complexity index is 397. The Morgan fingerprint density at radius 2 is 2.15 bits per heavy atom. The van der Waals surface area contributed by atoms with Crippen LogP contribution in [0.5, 0.6) is 5.75 Å². The molecular formula is C16H25NO3. The lowest BCUT2D eigenvalue weighted by molar-refractivity contribution is 0.00683. The molecule has 0 aliphatic heterocycles. The van der Waals surface area contributed by atoms with Gasteiger partial charge in [-0.25, -0.2) is 0 Å². The third kappa shape index (κ3) is 4.78. The Labute approximate surface area is 121 Å². The van der Waals surface area contributed by atoms with Crippen molar-refractivity contribution in [3.05, 3.63) is 29.8 Å². The highest BCUT2D eigenvalue weighted by Gasteiger charge is 2.24. The summed E-state index contributed by atoms with van der Waals surface area (Å²) in [6.45, 7) is 2.35. The van der Waals surface area contributed by atoms with Crippen LogP contribution in [0.25, 0.3) is 0 Å². The lowest BCUT2D eigenvalue weighted by Gasteiger charge is -2.28. The molecule has 0 heterocycles. The molecular weight excluding hydrogens is 254 g/mol. The first-order valence-electron chi connectivity index (χ1n) is 7.43. The Balaban J connectivity index is 1.85. The summed E-state index contributed by atoms with van der Waals surface area (Å²) < 4.78 is 10.9. The van der Waals surface area contributed by atoms with Crippen molar-refractivity contribution in [1.29, 1.82) is 0 Å². The van der Waals surface area contributed by atoms with Gasteiger partial charge in [0, 0.05) is 20.2 Å². The van der Waals surface area contributed by atoms with Gasteiger partial charge in [0.25, 0.3) is 0 Å². The zero-order valence-electron chi connectivity index (χ0n) is 12.2. The quantitative estimate of drug-likeness (QED) is 0.751. The van der Waals surface area contributed by atoms with Crippen molar-refractivity contribution in [2.45, 2.75) is 44.4 Å². The number of benzene rings is 1. The summed E-state index contributed by atoms with van der Waals surface area (Å²) in [5, 5.41) is 13.3. The molecule has 2 N–H and O–H groups in total. The molecule has 4 heteroatoms. The predicted molar refractivity (Wildman–Crippen MR) is 78.9 cm³/mol. The molecule has 2 rings (SSSR count). The van der Waals surface area contributed by atoms with E-state index in [1.165, 1.54) is 5.56 Å². The molecule has 1 fully saturated rings. The summed E-state index contributed by atoms with van der Waals surface area (Å²) in [5.74, 6) is 0.849. The zero-order chi connectivity index (χ0) is 14.2. The third-order valence-electron chi connectivity index (χ3n) is 3.67. The van der Waals surface area contributed by atoms with E-state index in [1.54, 1.807) is 7.11 Å². The highest BCUT2D eigenvalue weighted by molar-refractivity contribution is 5.28. The maximum absolute atomic E-state index is 9.95. The van der Waals surface area contributed by atoms with Crippen molar-refractivity contribution >= 4 is 0 Å². The second kappa shape index (κ2) is 8.25. The van der Waals surface area contributed by atoms with E-state index >= 15 is 0 Å². The average molecular weight is 279 g/mol. The van der Waals surface area contributed by atoms with Crippen molar-refractivity contribution < 1.29 is 14.6 Å². The number of aliphatic hydroxyl groups is 1. The van der Waals surface area contributed by atoms with Gasteiger partial charge in [0.2, 0.25) is 0 Å². The van der Waals surface area contributed by atoms with Crippen LogP contribution in [0, 0.1) is 0 Å². The van der Waals surface area contributed by atoms with Gasteiger partial charge in [0.05, 0.1) is 12.7 Å². The molecule has 0 amide bonds. The third-order valence-corrected chi connectivity index (χ3v) is 3.67. The van der Waals surface area contributed by atoms with Crippen LogP contribution in [0.15, 0.2) is 24.3 Å². The molecule has 1 aliphatic rings. The van der Waals surface area contributed by atoms with E-state index in [9.17, 15) is 5.11 Å². The maximum Gasteiger partial charge on any atom is 0.124 e. The van der Waals surface area contributed by atoms with E-state index in [4.69, 9.17) is 9.47 Å². The van der Waals surface area contributed by atoms with Crippen LogP contribution in [-0.2, 0) is 11.3 Å². The molecule has 0 saturated heterocycles. The van der Waals surface area contributed by atoms with Gasteiger partial charge >= 0.3 is 0 Å². The fourth-order valence-electron chi connectivity index (χ4n) is 2.53. The summed E-state index contributed by atoms with van der Waals surface area (Å²) in [7, 11) is 1.70. The zero-order valence-corrected chi connectivity index (χ0v) is 12.2. The molecule has 0 spiro atoms. The Morgan fingerprint density at radius 3 is 2.95 bits per heavy atom. The number of hydrogen-bond acceptors (Lipinski definition) is 4. The van der Waals surface area contributed by atoms with Gasteiger partial charge in [-0.05, 0) is 37.0 Å². The number of rotatable bonds is 7. The number of aliphatic hydroxyl groups excluding tert-OH is 1. The van der Waals surface area contributed by atoms with Crippen LogP contribution < -0.4 is 10.1 Å². The first-order valence-corrected chi connectivity index (χ1v) is 7.43. The Kier molecular flexibility index (Phi) is 6.30. The molecule has 0 aromatic heterocycles. The number of methoxy groups -OCH3 is 1. The second-order valence-corrected chi connectivity index (χ2v) is 5.33. The van der Waals surface area contributed by atoms with Gasteiger partial charge in [-0.1, -0.05) is 18.6 Å². The summed E-state index contributed by atoms with van der Waals surface area (Å²) in [6.07, 6.45) is 3.65. The average Bonchev–Trinajstić information content (AvgIpc) is 2.47. The van der Waals surface area contributed by atoms with Gasteiger partial charge in [0.1, 0.15) is 11.9 Å². The van der Waals surface area contributed by atoms with Crippen LogP contribution >= 0.6 is 0 Å². The molecule has 1 aromatic carbocycles. The molecule has 20 heavy (non-hydrogen) atoms. The smallest absolute Gasteiger partial charge is 0.124 e. The van der Waals surface area contributed by atoms with Crippen LogP contribution in [0.1, 0.15) is 31.2 Å². The second-order valence-electron chi connectivity index (χ2n) is 5.33. The summed E-state index contributed by atoms with van der Waals surface area (Å²) in [6, 6.07) is 8.07. The minimum atomic E-state index is -0.327. The minimum absolute atomic E-state index is 0.0551. The summed E-state index contributed by atoms with van der Waals surface area (Å²) in [4.78, 5) is 0. The van der Waals surface area contributed by atoms with E-state index in [-0.39, 0.29) is 12.2 Å². The molecule has 1 aliphatic carbocycles. The van der Waals surface area contributed by atoms with E-state index in [2.05, 4.69) is 11.4 Å². The molecule has 2 unspecified atom stereocenters. The first-order chi connectivity index (χ1) is 9.79. The summed E-state index contributed by atoms with van der Waals surface area (Å²) >= 11 is 0. The van der Waals surface area contributed by atoms with E-state index < -0.39 is 0 Å². The van der Waals surface area contributed by atoms with Crippen molar-refractivity contribution in [3.63, 3.8) is 0 Å². The van der Waals surface area contributed by atoms with Crippen molar-refractivity contribution in [2.75, 3.05) is 20.3 Å². The summed E-state index contributed by atoms with van der Waals surface area (Å²) in [5.41, 5.74) is 1.18. The largest absolute Gasteiger partial charge is 0.488 e. The molecule has 4 nitrogen and oxygen atoms in total. The molecule has 1 aromatic rings. The van der Waals surface area contributed by atoms with E-state index in [0.29, 0.717) is 6.61 Å². The minimum Gasteiger partial charge on any atom is -0.488 e. The van der Waals surface area contributed by atoms with Crippen LogP contribution in [0.4, 0.5) is 0 Å². The molecule has 1 saturated carbocycles. The number of hydrogen-bond donors (Lipinski definition) is 2. The monoisotopic (exact) mass is 279 g/mol. The highest BCUT2D eigenvalue weighted by atomic mass is 16.5. The molecule has 0 radical (unpaired) electrons. The topological polar surface area (TPSA) is 50.7 Å². The fraction of sp³-hybridized carbons (Fsp3) is 0.625. The van der Waals surface area contributed by atoms with Gasteiger partial charge in [-0.3, -0.25) is 0 Å². The highest BCUT2D eigenvalue weighted by Crippen LogP contribution is 2.24. The Morgan fingerprint density at radius 1 is 1.30 bits per heavy atom. The van der Waals surface area contributed by atoms with Crippen LogP contribution in [0.2, 0.25) is 0 Å². The van der Waals surface area contributed by atoms with Crippen molar-refractivity contribution in [2.24, 2.45) is 0 Å². The van der Waals surface area contributed by atoms with Gasteiger partial charge in [-0.2, -0.15) is 0 Å². The van der Waals surface area contributed by atoms with E-state index in [0.717, 1.165) is 44.5 Å². The molecule has 2 atom stereocenters. The predicted octanol–water partition coefficient (Wildman–Crippen LogP) is 2.10. The lowest BCUT2D eigenvalue weighted by Crippen LogP contribution is -2.34. The first kappa shape index (κ1) is 15.3. The van der Waals surface area contributed by atoms with Crippen LogP contribution in [0.3, 0.4) is 0 Å². The van der Waals surface area contributed by atoms with Gasteiger partial charge in [-0.15, -0.1) is 0 Å². The normalized spacial score (nSPS) is 22.7. The number of nitrogens with one attached hydrogen (secondary N) is 1. The lowest BCUT2D eigenvalue weighted by atomic mass is 9.95.